The zero-order valence-corrected chi connectivity index (χ0v) is 18.8. The lowest BCUT2D eigenvalue weighted by Gasteiger charge is -2.33. The molecule has 1 fully saturated rings. The van der Waals surface area contributed by atoms with Crippen LogP contribution in [0.25, 0.3) is 0 Å². The predicted molar refractivity (Wildman–Crippen MR) is 125 cm³/mol. The van der Waals surface area contributed by atoms with Crippen LogP contribution in [0.5, 0.6) is 0 Å². The summed E-state index contributed by atoms with van der Waals surface area (Å²) in [7, 11) is 0. The lowest BCUT2D eigenvalue weighted by atomic mass is 10.1. The maximum Gasteiger partial charge on any atom is 0.275 e. The third-order valence-electron chi connectivity index (χ3n) is 5.48. The molecule has 2 aromatic carbocycles. The van der Waals surface area contributed by atoms with Crippen LogP contribution in [-0.4, -0.2) is 56.7 Å². The van der Waals surface area contributed by atoms with E-state index in [0.29, 0.717) is 6.54 Å². The van der Waals surface area contributed by atoms with Crippen molar-refractivity contribution in [2.75, 3.05) is 49.9 Å². The molecule has 0 radical (unpaired) electrons. The van der Waals surface area contributed by atoms with Gasteiger partial charge >= 0.3 is 0 Å². The summed E-state index contributed by atoms with van der Waals surface area (Å²) in [6.45, 7) is 8.69. The lowest BCUT2D eigenvalue weighted by molar-refractivity contribution is -0.892. The van der Waals surface area contributed by atoms with Crippen molar-refractivity contribution in [2.24, 2.45) is 0 Å². The summed E-state index contributed by atoms with van der Waals surface area (Å²) in [5, 5.41) is 3.06. The van der Waals surface area contributed by atoms with Crippen molar-refractivity contribution in [3.8, 4) is 0 Å². The van der Waals surface area contributed by atoms with Crippen molar-refractivity contribution < 1.29 is 14.5 Å². The van der Waals surface area contributed by atoms with Crippen molar-refractivity contribution in [1.82, 2.24) is 5.32 Å². The molecule has 0 saturated carbocycles. The van der Waals surface area contributed by atoms with Gasteiger partial charge in [-0.15, -0.1) is 0 Å². The van der Waals surface area contributed by atoms with Gasteiger partial charge in [-0.05, 0) is 43.7 Å². The number of ketones is 1. The molecule has 1 amide bonds. The molecule has 1 heterocycles. The Hall–Kier alpha value is -2.31. The van der Waals surface area contributed by atoms with Crippen molar-refractivity contribution in [3.63, 3.8) is 0 Å². The van der Waals surface area contributed by atoms with E-state index in [4.69, 9.17) is 0 Å². The van der Waals surface area contributed by atoms with Gasteiger partial charge in [0.25, 0.3) is 5.91 Å². The molecule has 0 aromatic heterocycles. The number of thioether (sulfide) groups is 1. The number of piperazine rings is 1. The van der Waals surface area contributed by atoms with Crippen molar-refractivity contribution in [1.29, 1.82) is 0 Å². The molecule has 1 aliphatic rings. The van der Waals surface area contributed by atoms with Gasteiger partial charge in [0.2, 0.25) is 0 Å². The molecule has 5 nitrogen and oxygen atoms in total. The third kappa shape index (κ3) is 6.89. The number of nitrogens with zero attached hydrogens (tertiary/aromatic N) is 1. The fourth-order valence-electron chi connectivity index (χ4n) is 3.59. The molecule has 1 saturated heterocycles. The maximum absolute atomic E-state index is 12.2. The molecule has 2 aromatic rings. The molecular weight excluding hydrogens is 394 g/mol. The van der Waals surface area contributed by atoms with Gasteiger partial charge in [0.1, 0.15) is 0 Å². The van der Waals surface area contributed by atoms with Gasteiger partial charge in [-0.1, -0.05) is 29.8 Å². The normalized spacial score (nSPS) is 14.5. The van der Waals surface area contributed by atoms with Gasteiger partial charge in [0.05, 0.1) is 26.2 Å². The Morgan fingerprint density at radius 1 is 1.03 bits per heavy atom. The largest absolute Gasteiger partial charge is 0.360 e. The van der Waals surface area contributed by atoms with Crippen LogP contribution in [0, 0.1) is 6.92 Å². The van der Waals surface area contributed by atoms with E-state index >= 15 is 0 Å². The highest BCUT2D eigenvalue weighted by atomic mass is 32.2. The van der Waals surface area contributed by atoms with Crippen LogP contribution in [0.15, 0.2) is 48.5 Å². The second-order valence-corrected chi connectivity index (χ2v) is 9.01. The van der Waals surface area contributed by atoms with Crippen molar-refractivity contribution >= 4 is 29.1 Å². The molecular formula is C24H32N3O2S+. The summed E-state index contributed by atoms with van der Waals surface area (Å²) in [4.78, 5) is 27.3. The van der Waals surface area contributed by atoms with Crippen LogP contribution in [-0.2, 0) is 10.5 Å². The number of quaternary nitrogens is 1. The van der Waals surface area contributed by atoms with E-state index < -0.39 is 0 Å². The first-order valence-electron chi connectivity index (χ1n) is 10.6. The number of carbonyl (C=O) groups excluding carboxylic acids is 2. The second-order valence-electron chi connectivity index (χ2n) is 7.91. The van der Waals surface area contributed by atoms with E-state index in [1.165, 1.54) is 16.0 Å². The highest BCUT2D eigenvalue weighted by Gasteiger charge is 2.22. The summed E-state index contributed by atoms with van der Waals surface area (Å²) in [6.07, 6.45) is 0. The average Bonchev–Trinajstić information content (AvgIpc) is 2.75. The van der Waals surface area contributed by atoms with Crippen LogP contribution in [0.2, 0.25) is 0 Å². The molecule has 0 atom stereocenters. The Labute approximate surface area is 183 Å². The third-order valence-corrected chi connectivity index (χ3v) is 6.51. The number of amides is 1. The summed E-state index contributed by atoms with van der Waals surface area (Å²) in [6, 6.07) is 16.4. The van der Waals surface area contributed by atoms with E-state index in [9.17, 15) is 9.59 Å². The topological polar surface area (TPSA) is 53.9 Å². The van der Waals surface area contributed by atoms with Crippen LogP contribution in [0.1, 0.15) is 28.4 Å². The van der Waals surface area contributed by atoms with Gasteiger partial charge in [-0.3, -0.25) is 9.59 Å². The Morgan fingerprint density at radius 3 is 2.33 bits per heavy atom. The molecule has 6 heteroatoms. The van der Waals surface area contributed by atoms with E-state index in [1.54, 1.807) is 6.92 Å². The Morgan fingerprint density at radius 2 is 1.70 bits per heavy atom. The molecule has 0 aliphatic carbocycles. The van der Waals surface area contributed by atoms with Gasteiger partial charge in [-0.2, -0.15) is 11.8 Å². The molecule has 0 bridgehead atoms. The van der Waals surface area contributed by atoms with Crippen LogP contribution in [0.3, 0.4) is 0 Å². The Kier molecular flexibility index (Phi) is 8.34. The summed E-state index contributed by atoms with van der Waals surface area (Å²) in [5.41, 5.74) is 4.51. The van der Waals surface area contributed by atoms with Crippen LogP contribution >= 0.6 is 11.8 Å². The molecule has 30 heavy (non-hydrogen) atoms. The fourth-order valence-corrected chi connectivity index (χ4v) is 4.41. The SMILES string of the molecule is CC(=O)c1ccc(N2CC[NH+](CC(=O)NCCSCc3ccc(C)cc3)CC2)cc1. The minimum atomic E-state index is 0.0929. The van der Waals surface area contributed by atoms with Gasteiger partial charge < -0.3 is 15.1 Å². The van der Waals surface area contributed by atoms with Gasteiger partial charge in [0, 0.05) is 29.3 Å². The molecule has 160 valence electrons. The highest BCUT2D eigenvalue weighted by Crippen LogP contribution is 2.15. The first kappa shape index (κ1) is 22.4. The van der Waals surface area contributed by atoms with Gasteiger partial charge in [0.15, 0.2) is 12.3 Å². The minimum absolute atomic E-state index is 0.0929. The minimum Gasteiger partial charge on any atom is -0.360 e. The Bertz CT molecular complexity index is 829. The zero-order chi connectivity index (χ0) is 21.3. The monoisotopic (exact) mass is 426 g/mol. The van der Waals surface area contributed by atoms with Crippen molar-refractivity contribution in [3.05, 3.63) is 65.2 Å². The summed E-state index contributed by atoms with van der Waals surface area (Å²) in [5.74, 6) is 2.14. The molecule has 0 unspecified atom stereocenters. The maximum atomic E-state index is 12.2. The average molecular weight is 427 g/mol. The van der Waals surface area contributed by atoms with E-state index in [0.717, 1.165) is 55.5 Å². The van der Waals surface area contributed by atoms with E-state index in [1.807, 2.05) is 36.0 Å². The number of carbonyl (C=O) groups is 2. The molecule has 2 N–H and O–H groups in total. The predicted octanol–water partition coefficient (Wildman–Crippen LogP) is 1.95. The Balaban J connectivity index is 1.30. The molecule has 0 spiro atoms. The molecule has 3 rings (SSSR count). The standard InChI is InChI=1S/C24H31N3O2S/c1-19-3-5-21(6-4-19)18-30-16-11-25-24(29)17-26-12-14-27(15-13-26)23-9-7-22(8-10-23)20(2)28/h3-10H,11-18H2,1-2H3,(H,25,29)/p+1. The number of benzene rings is 2. The van der Waals surface area contributed by atoms with Crippen LogP contribution in [0.4, 0.5) is 5.69 Å². The first-order chi connectivity index (χ1) is 14.5. The quantitative estimate of drug-likeness (QED) is 0.475. The van der Waals surface area contributed by atoms with Crippen LogP contribution < -0.4 is 15.1 Å². The highest BCUT2D eigenvalue weighted by molar-refractivity contribution is 7.98. The number of hydrogen-bond donors (Lipinski definition) is 2. The zero-order valence-electron chi connectivity index (χ0n) is 17.9. The lowest BCUT2D eigenvalue weighted by Crippen LogP contribution is -3.16. The summed E-state index contributed by atoms with van der Waals surface area (Å²) >= 11 is 1.85. The van der Waals surface area contributed by atoms with Gasteiger partial charge in [-0.25, -0.2) is 0 Å². The smallest absolute Gasteiger partial charge is 0.275 e. The number of anilines is 1. The first-order valence-corrected chi connectivity index (χ1v) is 11.8. The fraction of sp³-hybridized carbons (Fsp3) is 0.417. The number of nitrogens with one attached hydrogen (secondary N) is 2. The summed E-state index contributed by atoms with van der Waals surface area (Å²) < 4.78 is 0. The van der Waals surface area contributed by atoms with E-state index in [2.05, 4.69) is 41.4 Å². The number of rotatable bonds is 9. The van der Waals surface area contributed by atoms with Crippen molar-refractivity contribution in [2.45, 2.75) is 19.6 Å². The number of aryl methyl sites for hydroxylation is 1. The van der Waals surface area contributed by atoms with E-state index in [-0.39, 0.29) is 11.7 Å². The number of hydrogen-bond acceptors (Lipinski definition) is 4. The second kappa shape index (κ2) is 11.2. The number of Topliss-reactive ketones (excluding diaryl/α,β-unsaturated/α-hetero) is 1. The molecule has 1 aliphatic heterocycles.